The quantitative estimate of drug-likeness (QED) is 0.422. The van der Waals surface area contributed by atoms with Crippen LogP contribution in [0.3, 0.4) is 0 Å². The molecule has 0 rings (SSSR count). The summed E-state index contributed by atoms with van der Waals surface area (Å²) in [5, 5.41) is 0. The Morgan fingerprint density at radius 1 is 1.36 bits per heavy atom. The summed E-state index contributed by atoms with van der Waals surface area (Å²) in [5.74, 6) is 0. The molecule has 0 nitrogen and oxygen atoms in total. The average Bonchev–Trinajstić information content (AvgIpc) is 1.97. The van der Waals surface area contributed by atoms with Crippen molar-refractivity contribution in [3.05, 3.63) is 48.6 Å². The van der Waals surface area contributed by atoms with Crippen LogP contribution < -0.4 is 0 Å². The molecule has 60 valence electrons. The van der Waals surface area contributed by atoms with Gasteiger partial charge >= 0.3 is 0 Å². The highest BCUT2D eigenvalue weighted by Crippen LogP contribution is 2.04. The van der Waals surface area contributed by atoms with Crippen LogP contribution in [0.15, 0.2) is 48.6 Å². The smallest absolute Gasteiger partial charge is 0.0169 e. The average molecular weight is 148 g/mol. The Hall–Kier alpha value is -1.04. The van der Waals surface area contributed by atoms with Gasteiger partial charge in [-0.05, 0) is 25.8 Å². The molecule has 11 heavy (non-hydrogen) atoms. The first kappa shape index (κ1) is 9.96. The Kier molecular flexibility index (Phi) is 5.18. The first-order valence-electron chi connectivity index (χ1n) is 3.78. The molecule has 0 unspecified atom stereocenters. The molecule has 0 saturated heterocycles. The third-order valence-electron chi connectivity index (χ3n) is 1.46. The summed E-state index contributed by atoms with van der Waals surface area (Å²) >= 11 is 0. The van der Waals surface area contributed by atoms with Crippen molar-refractivity contribution in [1.82, 2.24) is 0 Å². The summed E-state index contributed by atoms with van der Waals surface area (Å²) in [6.45, 7) is 11.5. The second-order valence-corrected chi connectivity index (χ2v) is 2.58. The van der Waals surface area contributed by atoms with Crippen LogP contribution in [-0.2, 0) is 0 Å². The molecule has 0 heteroatoms. The van der Waals surface area contributed by atoms with Gasteiger partial charge in [-0.1, -0.05) is 36.5 Å². The largest absolute Gasteiger partial charge is 0.103 e. The van der Waals surface area contributed by atoms with E-state index in [2.05, 4.69) is 32.2 Å². The fraction of sp³-hybridized carbons (Fsp3) is 0.273. The first-order valence-corrected chi connectivity index (χ1v) is 3.78. The van der Waals surface area contributed by atoms with Gasteiger partial charge in [0.2, 0.25) is 0 Å². The molecule has 0 aromatic carbocycles. The number of rotatable bonds is 4. The zero-order chi connectivity index (χ0) is 8.69. The van der Waals surface area contributed by atoms with E-state index >= 15 is 0 Å². The van der Waals surface area contributed by atoms with E-state index in [1.807, 2.05) is 19.1 Å². The van der Waals surface area contributed by atoms with Crippen LogP contribution in [0, 0.1) is 0 Å². The summed E-state index contributed by atoms with van der Waals surface area (Å²) in [6, 6.07) is 0. The second-order valence-electron chi connectivity index (χ2n) is 2.58. The SMILES string of the molecule is C=CC/C=C/C=C(/C)C(=C)C. The van der Waals surface area contributed by atoms with Crippen LogP contribution in [-0.4, -0.2) is 0 Å². The third-order valence-corrected chi connectivity index (χ3v) is 1.46. The summed E-state index contributed by atoms with van der Waals surface area (Å²) in [6.07, 6.45) is 8.97. The summed E-state index contributed by atoms with van der Waals surface area (Å²) < 4.78 is 0. The van der Waals surface area contributed by atoms with Crippen LogP contribution in [0.1, 0.15) is 20.3 Å². The van der Waals surface area contributed by atoms with E-state index in [0.29, 0.717) is 0 Å². The van der Waals surface area contributed by atoms with Crippen molar-refractivity contribution in [3.8, 4) is 0 Å². The minimum Gasteiger partial charge on any atom is -0.103 e. The van der Waals surface area contributed by atoms with Crippen LogP contribution >= 0.6 is 0 Å². The van der Waals surface area contributed by atoms with Crippen molar-refractivity contribution in [2.24, 2.45) is 0 Å². The molecule has 0 heterocycles. The molecule has 0 aliphatic rings. The highest BCUT2D eigenvalue weighted by atomic mass is 13.9. The van der Waals surface area contributed by atoms with Crippen LogP contribution in [0.4, 0.5) is 0 Å². The highest BCUT2D eigenvalue weighted by Gasteiger charge is 1.83. The van der Waals surface area contributed by atoms with Crippen molar-refractivity contribution >= 4 is 0 Å². The predicted octanol–water partition coefficient (Wildman–Crippen LogP) is 3.64. The summed E-state index contributed by atoms with van der Waals surface area (Å²) in [4.78, 5) is 0. The summed E-state index contributed by atoms with van der Waals surface area (Å²) in [5.41, 5.74) is 2.35. The van der Waals surface area contributed by atoms with Crippen molar-refractivity contribution in [3.63, 3.8) is 0 Å². The van der Waals surface area contributed by atoms with Crippen molar-refractivity contribution < 1.29 is 0 Å². The molecule has 0 fully saturated rings. The van der Waals surface area contributed by atoms with Gasteiger partial charge in [-0.25, -0.2) is 0 Å². The van der Waals surface area contributed by atoms with Gasteiger partial charge < -0.3 is 0 Å². The maximum absolute atomic E-state index is 3.83. The fourth-order valence-electron chi connectivity index (χ4n) is 0.529. The van der Waals surface area contributed by atoms with Gasteiger partial charge in [-0.2, -0.15) is 0 Å². The molecule has 0 aliphatic carbocycles. The van der Waals surface area contributed by atoms with E-state index in [9.17, 15) is 0 Å². The third kappa shape index (κ3) is 5.41. The maximum Gasteiger partial charge on any atom is -0.0169 e. The molecule has 0 N–H and O–H groups in total. The van der Waals surface area contributed by atoms with Gasteiger partial charge in [0.1, 0.15) is 0 Å². The molecule has 0 radical (unpaired) electrons. The van der Waals surface area contributed by atoms with Gasteiger partial charge in [0.15, 0.2) is 0 Å². The number of hydrogen-bond donors (Lipinski definition) is 0. The molecule has 0 aromatic heterocycles. The Morgan fingerprint density at radius 3 is 2.45 bits per heavy atom. The standard InChI is InChI=1S/C11H16/c1-5-6-7-8-9-11(4)10(2)3/h5,7-9H,1-2,6H2,3-4H3/b8-7+,11-9-. The molecular weight excluding hydrogens is 132 g/mol. The predicted molar refractivity (Wildman–Crippen MR) is 52.5 cm³/mol. The lowest BCUT2D eigenvalue weighted by molar-refractivity contribution is 1.35. The summed E-state index contributed by atoms with van der Waals surface area (Å²) in [7, 11) is 0. The van der Waals surface area contributed by atoms with Crippen molar-refractivity contribution in [2.45, 2.75) is 20.3 Å². The lowest BCUT2D eigenvalue weighted by atomic mass is 10.1. The minimum absolute atomic E-state index is 0.931. The highest BCUT2D eigenvalue weighted by molar-refractivity contribution is 5.27. The van der Waals surface area contributed by atoms with Crippen LogP contribution in [0.5, 0.6) is 0 Å². The topological polar surface area (TPSA) is 0 Å². The van der Waals surface area contributed by atoms with Crippen LogP contribution in [0.2, 0.25) is 0 Å². The Bertz CT molecular complexity index is 192. The van der Waals surface area contributed by atoms with Gasteiger partial charge in [-0.3, -0.25) is 0 Å². The molecule has 0 aliphatic heterocycles. The molecule has 0 aromatic rings. The molecule has 0 saturated carbocycles. The fourth-order valence-corrected chi connectivity index (χ4v) is 0.529. The Labute approximate surface area is 69.6 Å². The van der Waals surface area contributed by atoms with E-state index in [0.717, 1.165) is 12.0 Å². The minimum atomic E-state index is 0.931. The number of allylic oxidation sites excluding steroid dienone is 6. The zero-order valence-corrected chi connectivity index (χ0v) is 7.43. The molecule has 0 bridgehead atoms. The van der Waals surface area contributed by atoms with Gasteiger partial charge in [0.05, 0.1) is 0 Å². The monoisotopic (exact) mass is 148 g/mol. The van der Waals surface area contributed by atoms with E-state index < -0.39 is 0 Å². The lowest BCUT2D eigenvalue weighted by Crippen LogP contribution is -1.73. The maximum atomic E-state index is 3.83. The molecule has 0 spiro atoms. The van der Waals surface area contributed by atoms with Crippen molar-refractivity contribution in [1.29, 1.82) is 0 Å². The molecular formula is C11H16. The second kappa shape index (κ2) is 5.72. The van der Waals surface area contributed by atoms with E-state index in [1.165, 1.54) is 5.57 Å². The normalized spacial score (nSPS) is 12.0. The molecule has 0 atom stereocenters. The molecule has 0 amide bonds. The first-order chi connectivity index (χ1) is 5.18. The van der Waals surface area contributed by atoms with Gasteiger partial charge in [0.25, 0.3) is 0 Å². The van der Waals surface area contributed by atoms with Crippen LogP contribution in [0.25, 0.3) is 0 Å². The van der Waals surface area contributed by atoms with E-state index in [1.54, 1.807) is 0 Å². The lowest BCUT2D eigenvalue weighted by Gasteiger charge is -1.93. The number of hydrogen-bond acceptors (Lipinski definition) is 0. The van der Waals surface area contributed by atoms with Gasteiger partial charge in [-0.15, -0.1) is 6.58 Å². The van der Waals surface area contributed by atoms with E-state index in [4.69, 9.17) is 0 Å². The van der Waals surface area contributed by atoms with E-state index in [-0.39, 0.29) is 0 Å². The van der Waals surface area contributed by atoms with Crippen molar-refractivity contribution in [2.75, 3.05) is 0 Å². The van der Waals surface area contributed by atoms with Gasteiger partial charge in [0, 0.05) is 0 Å². The zero-order valence-electron chi connectivity index (χ0n) is 7.43. The Morgan fingerprint density at radius 2 is 2.00 bits per heavy atom. The Balaban J connectivity index is 3.90.